The molecule has 19 heavy (non-hydrogen) atoms. The van der Waals surface area contributed by atoms with Crippen LogP contribution < -0.4 is 9.47 Å². The van der Waals surface area contributed by atoms with E-state index < -0.39 is 0 Å². The van der Waals surface area contributed by atoms with Crippen molar-refractivity contribution in [3.05, 3.63) is 55.0 Å². The molecule has 2 rings (SSSR count). The normalized spacial score (nSPS) is 10.3. The second-order valence-corrected chi connectivity index (χ2v) is 4.33. The van der Waals surface area contributed by atoms with Crippen LogP contribution in [0.4, 0.5) is 0 Å². The Bertz CT molecular complexity index is 547. The van der Waals surface area contributed by atoms with E-state index in [1.807, 2.05) is 12.1 Å². The van der Waals surface area contributed by atoms with Crippen LogP contribution in [0.5, 0.6) is 11.5 Å². The summed E-state index contributed by atoms with van der Waals surface area (Å²) in [4.78, 5) is 0. The summed E-state index contributed by atoms with van der Waals surface area (Å²) in [6.07, 6.45) is 1.87. The van der Waals surface area contributed by atoms with Crippen LogP contribution >= 0.6 is 0 Å². The predicted octanol–water partition coefficient (Wildman–Crippen LogP) is 4.14. The average molecular weight is 255 g/mol. The fraction of sp³-hybridized carbons (Fsp3) is 0.235. The van der Waals surface area contributed by atoms with E-state index in [9.17, 15) is 0 Å². The minimum atomic E-state index is 0.751. The molecule has 0 aliphatic heterocycles. The van der Waals surface area contributed by atoms with E-state index >= 15 is 0 Å². The SMILES string of the molecule is [CH2]CCc1ccccc1-c1ccc(OC)c(OC)c1. The van der Waals surface area contributed by atoms with Gasteiger partial charge in [0.1, 0.15) is 0 Å². The Morgan fingerprint density at radius 3 is 2.37 bits per heavy atom. The van der Waals surface area contributed by atoms with Crippen molar-refractivity contribution < 1.29 is 9.47 Å². The van der Waals surface area contributed by atoms with Gasteiger partial charge in [-0.15, -0.1) is 0 Å². The molecule has 0 unspecified atom stereocenters. The second-order valence-electron chi connectivity index (χ2n) is 4.33. The summed E-state index contributed by atoms with van der Waals surface area (Å²) in [5.74, 6) is 1.50. The number of hydrogen-bond acceptors (Lipinski definition) is 2. The van der Waals surface area contributed by atoms with Gasteiger partial charge < -0.3 is 9.47 Å². The van der Waals surface area contributed by atoms with Crippen LogP contribution in [0.2, 0.25) is 0 Å². The van der Waals surface area contributed by atoms with Crippen LogP contribution in [0.3, 0.4) is 0 Å². The summed E-state index contributed by atoms with van der Waals surface area (Å²) < 4.78 is 10.6. The van der Waals surface area contributed by atoms with E-state index in [1.54, 1.807) is 14.2 Å². The lowest BCUT2D eigenvalue weighted by Gasteiger charge is -2.12. The number of methoxy groups -OCH3 is 2. The summed E-state index contributed by atoms with van der Waals surface area (Å²) in [5, 5.41) is 0. The van der Waals surface area contributed by atoms with Crippen LogP contribution in [0.25, 0.3) is 11.1 Å². The van der Waals surface area contributed by atoms with Gasteiger partial charge in [-0.25, -0.2) is 0 Å². The summed E-state index contributed by atoms with van der Waals surface area (Å²) in [6.45, 7) is 3.93. The van der Waals surface area contributed by atoms with Gasteiger partial charge in [-0.1, -0.05) is 37.3 Å². The van der Waals surface area contributed by atoms with Crippen molar-refractivity contribution >= 4 is 0 Å². The molecule has 2 nitrogen and oxygen atoms in total. The first-order chi connectivity index (χ1) is 9.30. The van der Waals surface area contributed by atoms with Crippen LogP contribution in [0, 0.1) is 6.92 Å². The van der Waals surface area contributed by atoms with Gasteiger partial charge in [-0.2, -0.15) is 0 Å². The number of benzene rings is 2. The maximum atomic E-state index is 5.36. The molecule has 0 heterocycles. The molecule has 0 aliphatic carbocycles. The van der Waals surface area contributed by atoms with E-state index in [2.05, 4.69) is 37.3 Å². The molecule has 0 amide bonds. The Balaban J connectivity index is 2.47. The van der Waals surface area contributed by atoms with Gasteiger partial charge in [-0.05, 0) is 41.7 Å². The van der Waals surface area contributed by atoms with Crippen molar-refractivity contribution in [1.82, 2.24) is 0 Å². The molecule has 1 radical (unpaired) electrons. The maximum Gasteiger partial charge on any atom is 0.161 e. The average Bonchev–Trinajstić information content (AvgIpc) is 2.47. The lowest BCUT2D eigenvalue weighted by Crippen LogP contribution is -1.93. The lowest BCUT2D eigenvalue weighted by molar-refractivity contribution is 0.355. The minimum Gasteiger partial charge on any atom is -0.493 e. The highest BCUT2D eigenvalue weighted by molar-refractivity contribution is 5.70. The van der Waals surface area contributed by atoms with Gasteiger partial charge in [0, 0.05) is 0 Å². The first kappa shape index (κ1) is 13.5. The molecule has 0 saturated carbocycles. The number of ether oxygens (including phenoxy) is 2. The predicted molar refractivity (Wildman–Crippen MR) is 78.7 cm³/mol. The van der Waals surface area contributed by atoms with Crippen molar-refractivity contribution in [2.45, 2.75) is 12.8 Å². The number of aryl methyl sites for hydroxylation is 1. The Morgan fingerprint density at radius 2 is 1.68 bits per heavy atom. The third kappa shape index (κ3) is 2.90. The van der Waals surface area contributed by atoms with Crippen molar-refractivity contribution in [3.8, 4) is 22.6 Å². The molecule has 2 aromatic carbocycles. The van der Waals surface area contributed by atoms with Gasteiger partial charge in [-0.3, -0.25) is 0 Å². The maximum absolute atomic E-state index is 5.36. The van der Waals surface area contributed by atoms with Gasteiger partial charge in [0.15, 0.2) is 11.5 Å². The zero-order chi connectivity index (χ0) is 13.7. The van der Waals surface area contributed by atoms with Gasteiger partial charge in [0.25, 0.3) is 0 Å². The third-order valence-corrected chi connectivity index (χ3v) is 3.16. The van der Waals surface area contributed by atoms with Crippen LogP contribution in [-0.2, 0) is 6.42 Å². The fourth-order valence-corrected chi connectivity index (χ4v) is 2.21. The van der Waals surface area contributed by atoms with E-state index in [-0.39, 0.29) is 0 Å². The Labute approximate surface area is 115 Å². The fourth-order valence-electron chi connectivity index (χ4n) is 2.21. The lowest BCUT2D eigenvalue weighted by atomic mass is 9.96. The highest BCUT2D eigenvalue weighted by Gasteiger charge is 2.08. The molecule has 0 atom stereocenters. The summed E-state index contributed by atoms with van der Waals surface area (Å²) in [7, 11) is 3.30. The highest BCUT2D eigenvalue weighted by Crippen LogP contribution is 2.33. The van der Waals surface area contributed by atoms with Gasteiger partial charge >= 0.3 is 0 Å². The van der Waals surface area contributed by atoms with Gasteiger partial charge in [0.05, 0.1) is 14.2 Å². The van der Waals surface area contributed by atoms with E-state index in [4.69, 9.17) is 9.47 Å². The number of hydrogen-bond donors (Lipinski definition) is 0. The Kier molecular flexibility index (Phi) is 4.45. The van der Waals surface area contributed by atoms with Crippen molar-refractivity contribution in [1.29, 1.82) is 0 Å². The summed E-state index contributed by atoms with van der Waals surface area (Å²) in [5.41, 5.74) is 3.68. The standard InChI is InChI=1S/C17H19O2/c1-4-7-13-8-5-6-9-15(13)14-10-11-16(18-2)17(12-14)19-3/h5-6,8-12H,1,4,7H2,2-3H3. The molecule has 0 fully saturated rings. The molecule has 0 bridgehead atoms. The monoisotopic (exact) mass is 255 g/mol. The molecule has 0 N–H and O–H groups in total. The molecule has 0 saturated heterocycles. The number of rotatable bonds is 5. The molecule has 99 valence electrons. The molecule has 0 aliphatic rings. The van der Waals surface area contributed by atoms with Crippen molar-refractivity contribution in [3.63, 3.8) is 0 Å². The molecule has 2 heteroatoms. The molecule has 0 spiro atoms. The van der Waals surface area contributed by atoms with E-state index in [0.717, 1.165) is 29.9 Å². The first-order valence-electron chi connectivity index (χ1n) is 6.39. The quantitative estimate of drug-likeness (QED) is 0.799. The van der Waals surface area contributed by atoms with E-state index in [1.165, 1.54) is 11.1 Å². The Hall–Kier alpha value is -1.96. The largest absolute Gasteiger partial charge is 0.493 e. The minimum absolute atomic E-state index is 0.751. The summed E-state index contributed by atoms with van der Waals surface area (Å²) in [6, 6.07) is 14.4. The highest BCUT2D eigenvalue weighted by atomic mass is 16.5. The van der Waals surface area contributed by atoms with Crippen molar-refractivity contribution in [2.75, 3.05) is 14.2 Å². The van der Waals surface area contributed by atoms with Crippen molar-refractivity contribution in [2.24, 2.45) is 0 Å². The molecule has 0 aromatic heterocycles. The zero-order valence-electron chi connectivity index (χ0n) is 11.5. The topological polar surface area (TPSA) is 18.5 Å². The molecular weight excluding hydrogens is 236 g/mol. The zero-order valence-corrected chi connectivity index (χ0v) is 11.5. The van der Waals surface area contributed by atoms with Crippen LogP contribution in [0.15, 0.2) is 42.5 Å². The molecule has 2 aromatic rings. The third-order valence-electron chi connectivity index (χ3n) is 3.16. The summed E-state index contributed by atoms with van der Waals surface area (Å²) >= 11 is 0. The van der Waals surface area contributed by atoms with Gasteiger partial charge in [0.2, 0.25) is 0 Å². The first-order valence-corrected chi connectivity index (χ1v) is 6.39. The Morgan fingerprint density at radius 1 is 0.947 bits per heavy atom. The van der Waals surface area contributed by atoms with Crippen LogP contribution in [-0.4, -0.2) is 14.2 Å². The second kappa shape index (κ2) is 6.28. The molecular formula is C17H19O2. The smallest absolute Gasteiger partial charge is 0.161 e. The van der Waals surface area contributed by atoms with E-state index in [0.29, 0.717) is 0 Å². The van der Waals surface area contributed by atoms with Crippen LogP contribution in [0.1, 0.15) is 12.0 Å².